The lowest BCUT2D eigenvalue weighted by Gasteiger charge is -2.15. The molecule has 0 spiro atoms. The first-order valence-corrected chi connectivity index (χ1v) is 6.66. The van der Waals surface area contributed by atoms with Gasteiger partial charge in [0.15, 0.2) is 0 Å². The van der Waals surface area contributed by atoms with Gasteiger partial charge in [0.2, 0.25) is 0 Å². The smallest absolute Gasteiger partial charge is 0.0210 e. The monoisotopic (exact) mass is 215 g/mol. The zero-order valence-corrected chi connectivity index (χ0v) is 10.1. The second-order valence-corrected chi connectivity index (χ2v) is 5.48. The van der Waals surface area contributed by atoms with E-state index in [0.717, 1.165) is 18.4 Å². The molecule has 2 saturated carbocycles. The van der Waals surface area contributed by atoms with Crippen LogP contribution in [0.2, 0.25) is 0 Å². The second-order valence-electron chi connectivity index (χ2n) is 5.48. The Morgan fingerprint density at radius 2 is 1.94 bits per heavy atom. The fourth-order valence-electron chi connectivity index (χ4n) is 2.52. The fourth-order valence-corrected chi connectivity index (χ4v) is 2.52. The Balaban J connectivity index is 1.63. The van der Waals surface area contributed by atoms with Crippen molar-refractivity contribution >= 4 is 0 Å². The molecule has 3 rings (SSSR count). The Morgan fingerprint density at radius 1 is 1.19 bits per heavy atom. The van der Waals surface area contributed by atoms with Gasteiger partial charge in [-0.15, -0.1) is 0 Å². The van der Waals surface area contributed by atoms with Gasteiger partial charge in [-0.3, -0.25) is 0 Å². The van der Waals surface area contributed by atoms with E-state index in [1.807, 2.05) is 0 Å². The van der Waals surface area contributed by atoms with Crippen LogP contribution in [0.5, 0.6) is 0 Å². The van der Waals surface area contributed by atoms with Crippen LogP contribution >= 0.6 is 0 Å². The highest BCUT2D eigenvalue weighted by Gasteiger charge is 2.28. The summed E-state index contributed by atoms with van der Waals surface area (Å²) in [7, 11) is 0. The molecule has 0 aromatic heterocycles. The summed E-state index contributed by atoms with van der Waals surface area (Å²) in [5.41, 5.74) is 3.12. The van der Waals surface area contributed by atoms with Crippen molar-refractivity contribution in [3.63, 3.8) is 0 Å². The van der Waals surface area contributed by atoms with Gasteiger partial charge in [0.1, 0.15) is 0 Å². The molecule has 1 unspecified atom stereocenters. The van der Waals surface area contributed by atoms with E-state index < -0.39 is 0 Å². The van der Waals surface area contributed by atoms with Crippen molar-refractivity contribution in [3.8, 4) is 0 Å². The number of benzene rings is 1. The molecule has 1 heteroatoms. The van der Waals surface area contributed by atoms with Gasteiger partial charge in [-0.25, -0.2) is 0 Å². The Bertz CT molecular complexity index is 363. The van der Waals surface area contributed by atoms with Crippen molar-refractivity contribution in [2.45, 2.75) is 51.1 Å². The van der Waals surface area contributed by atoms with Gasteiger partial charge in [0, 0.05) is 12.6 Å². The zero-order valence-electron chi connectivity index (χ0n) is 10.1. The minimum Gasteiger partial charge on any atom is -0.310 e. The summed E-state index contributed by atoms with van der Waals surface area (Å²) in [4.78, 5) is 0. The zero-order chi connectivity index (χ0) is 11.0. The highest BCUT2D eigenvalue weighted by Crippen LogP contribution is 2.41. The van der Waals surface area contributed by atoms with Crippen molar-refractivity contribution in [1.29, 1.82) is 0 Å². The summed E-state index contributed by atoms with van der Waals surface area (Å²) in [6.45, 7) is 3.39. The third-order valence-corrected chi connectivity index (χ3v) is 4.02. The summed E-state index contributed by atoms with van der Waals surface area (Å²) < 4.78 is 0. The van der Waals surface area contributed by atoms with E-state index in [9.17, 15) is 0 Å². The Morgan fingerprint density at radius 3 is 2.62 bits per heavy atom. The molecule has 0 bridgehead atoms. The van der Waals surface area contributed by atoms with Crippen LogP contribution in [-0.2, 0) is 6.54 Å². The summed E-state index contributed by atoms with van der Waals surface area (Å²) in [5, 5.41) is 3.68. The molecule has 0 radical (unpaired) electrons. The second kappa shape index (κ2) is 4.21. The third kappa shape index (κ3) is 2.30. The van der Waals surface area contributed by atoms with E-state index in [-0.39, 0.29) is 0 Å². The molecule has 1 atom stereocenters. The molecule has 2 fully saturated rings. The van der Waals surface area contributed by atoms with E-state index >= 15 is 0 Å². The summed E-state index contributed by atoms with van der Waals surface area (Å²) in [6.07, 6.45) is 5.65. The van der Waals surface area contributed by atoms with E-state index in [1.54, 1.807) is 5.56 Å². The fraction of sp³-hybridized carbons (Fsp3) is 0.600. The lowest BCUT2D eigenvalue weighted by Crippen LogP contribution is -2.27. The van der Waals surface area contributed by atoms with Crippen LogP contribution in [-0.4, -0.2) is 6.04 Å². The molecule has 1 aromatic carbocycles. The van der Waals surface area contributed by atoms with Crippen LogP contribution < -0.4 is 5.32 Å². The molecule has 1 aromatic rings. The van der Waals surface area contributed by atoms with Crippen molar-refractivity contribution < 1.29 is 0 Å². The maximum Gasteiger partial charge on any atom is 0.0210 e. The van der Waals surface area contributed by atoms with Crippen molar-refractivity contribution in [2.75, 3.05) is 0 Å². The highest BCUT2D eigenvalue weighted by atomic mass is 14.9. The predicted molar refractivity (Wildman–Crippen MR) is 67.4 cm³/mol. The van der Waals surface area contributed by atoms with E-state index in [2.05, 4.69) is 36.5 Å². The van der Waals surface area contributed by atoms with Crippen molar-refractivity contribution in [1.82, 2.24) is 5.32 Å². The number of hydrogen-bond acceptors (Lipinski definition) is 1. The summed E-state index contributed by atoms with van der Waals surface area (Å²) in [6, 6.07) is 9.66. The largest absolute Gasteiger partial charge is 0.310 e. The number of hydrogen-bond donors (Lipinski definition) is 1. The maximum atomic E-state index is 3.68. The van der Waals surface area contributed by atoms with Gasteiger partial charge < -0.3 is 5.32 Å². The molecule has 2 aliphatic rings. The lowest BCUT2D eigenvalue weighted by molar-refractivity contribution is 0.495. The van der Waals surface area contributed by atoms with Crippen LogP contribution in [0.25, 0.3) is 0 Å². The normalized spacial score (nSPS) is 22.1. The topological polar surface area (TPSA) is 12.0 Å². The predicted octanol–water partition coefficient (Wildman–Crippen LogP) is 3.45. The van der Waals surface area contributed by atoms with E-state index in [4.69, 9.17) is 0 Å². The average Bonchev–Trinajstić information content (AvgIpc) is 3.19. The summed E-state index contributed by atoms with van der Waals surface area (Å²) >= 11 is 0. The summed E-state index contributed by atoms with van der Waals surface area (Å²) in [5.74, 6) is 1.82. The van der Waals surface area contributed by atoms with E-state index in [0.29, 0.717) is 6.04 Å². The molecule has 1 nitrogen and oxygen atoms in total. The molecular weight excluding hydrogens is 194 g/mol. The van der Waals surface area contributed by atoms with Crippen LogP contribution in [0, 0.1) is 5.92 Å². The third-order valence-electron chi connectivity index (χ3n) is 4.02. The molecule has 1 N–H and O–H groups in total. The van der Waals surface area contributed by atoms with Crippen LogP contribution in [0.3, 0.4) is 0 Å². The van der Waals surface area contributed by atoms with Gasteiger partial charge >= 0.3 is 0 Å². The Kier molecular flexibility index (Phi) is 2.72. The molecule has 16 heavy (non-hydrogen) atoms. The van der Waals surface area contributed by atoms with E-state index in [1.165, 1.54) is 31.2 Å². The molecule has 0 heterocycles. The van der Waals surface area contributed by atoms with Crippen molar-refractivity contribution in [3.05, 3.63) is 35.4 Å². The lowest BCUT2D eigenvalue weighted by atomic mass is 10.0. The first kappa shape index (κ1) is 10.3. The van der Waals surface area contributed by atoms with Crippen molar-refractivity contribution in [2.24, 2.45) is 5.92 Å². The van der Waals surface area contributed by atoms with Gasteiger partial charge in [-0.2, -0.15) is 0 Å². The quantitative estimate of drug-likeness (QED) is 0.793. The molecule has 0 aliphatic heterocycles. The molecule has 0 amide bonds. The number of nitrogens with one attached hydrogen (secondary N) is 1. The van der Waals surface area contributed by atoms with Gasteiger partial charge in [-0.1, -0.05) is 24.3 Å². The maximum absolute atomic E-state index is 3.68. The van der Waals surface area contributed by atoms with Gasteiger partial charge in [0.05, 0.1) is 0 Å². The molecule has 2 aliphatic carbocycles. The number of rotatable bonds is 5. The SMILES string of the molecule is CC(NCc1ccccc1C1CC1)C1CC1. The first-order valence-electron chi connectivity index (χ1n) is 6.66. The molecule has 0 saturated heterocycles. The molecule has 86 valence electrons. The van der Waals surface area contributed by atoms with Crippen LogP contribution in [0.1, 0.15) is 49.7 Å². The Labute approximate surface area is 98.3 Å². The standard InChI is InChI=1S/C15H21N/c1-11(12-6-7-12)16-10-14-4-2-3-5-15(14)13-8-9-13/h2-5,11-13,16H,6-10H2,1H3. The average molecular weight is 215 g/mol. The van der Waals surface area contributed by atoms with Gasteiger partial charge in [0.25, 0.3) is 0 Å². The van der Waals surface area contributed by atoms with Gasteiger partial charge in [-0.05, 0) is 55.6 Å². The minimum atomic E-state index is 0.701. The van der Waals surface area contributed by atoms with Crippen LogP contribution in [0.15, 0.2) is 24.3 Å². The molecular formula is C15H21N. The Hall–Kier alpha value is -0.820. The van der Waals surface area contributed by atoms with Crippen LogP contribution in [0.4, 0.5) is 0 Å². The minimum absolute atomic E-state index is 0.701. The first-order chi connectivity index (χ1) is 7.84. The highest BCUT2D eigenvalue weighted by molar-refractivity contribution is 5.33.